The maximum Gasteiger partial charge on any atom is 0.109 e. The zero-order chi connectivity index (χ0) is 9.97. The molecule has 0 aliphatic heterocycles. The Bertz CT molecular complexity index is 437. The lowest BCUT2D eigenvalue weighted by atomic mass is 10.1. The standard InChI is InChI=1S/C12H10IN/c1-9-7-8-11(12(13)14-9)10-5-3-2-4-6-10/h2-8H,1H3. The van der Waals surface area contributed by atoms with Crippen molar-refractivity contribution in [3.05, 3.63) is 51.9 Å². The molecule has 0 saturated heterocycles. The number of rotatable bonds is 1. The second-order valence-electron chi connectivity index (χ2n) is 3.16. The van der Waals surface area contributed by atoms with Crippen LogP contribution in [0.25, 0.3) is 11.1 Å². The van der Waals surface area contributed by atoms with Gasteiger partial charge in [-0.15, -0.1) is 0 Å². The third kappa shape index (κ3) is 1.95. The highest BCUT2D eigenvalue weighted by Crippen LogP contribution is 2.23. The van der Waals surface area contributed by atoms with E-state index in [-0.39, 0.29) is 0 Å². The van der Waals surface area contributed by atoms with E-state index >= 15 is 0 Å². The number of pyridine rings is 1. The maximum absolute atomic E-state index is 4.44. The van der Waals surface area contributed by atoms with Gasteiger partial charge in [0.2, 0.25) is 0 Å². The van der Waals surface area contributed by atoms with E-state index in [2.05, 4.69) is 45.8 Å². The summed E-state index contributed by atoms with van der Waals surface area (Å²) in [5.41, 5.74) is 3.50. The molecular formula is C12H10IN. The van der Waals surface area contributed by atoms with Crippen LogP contribution in [-0.4, -0.2) is 4.98 Å². The first kappa shape index (κ1) is 9.65. The molecule has 0 unspecified atom stereocenters. The van der Waals surface area contributed by atoms with E-state index in [0.29, 0.717) is 0 Å². The topological polar surface area (TPSA) is 12.9 Å². The van der Waals surface area contributed by atoms with Crippen LogP contribution in [-0.2, 0) is 0 Å². The van der Waals surface area contributed by atoms with Crippen molar-refractivity contribution >= 4 is 22.6 Å². The third-order valence-corrected chi connectivity index (χ3v) is 2.90. The van der Waals surface area contributed by atoms with E-state index in [1.807, 2.05) is 31.2 Å². The van der Waals surface area contributed by atoms with Crippen LogP contribution in [0, 0.1) is 10.6 Å². The third-order valence-electron chi connectivity index (χ3n) is 2.07. The quantitative estimate of drug-likeness (QED) is 0.578. The number of halogens is 1. The minimum absolute atomic E-state index is 1.06. The molecule has 2 aromatic rings. The van der Waals surface area contributed by atoms with Gasteiger partial charge in [0, 0.05) is 11.3 Å². The molecule has 70 valence electrons. The van der Waals surface area contributed by atoms with Crippen molar-refractivity contribution in [3.8, 4) is 11.1 Å². The van der Waals surface area contributed by atoms with Gasteiger partial charge in [-0.3, -0.25) is 0 Å². The lowest BCUT2D eigenvalue weighted by Gasteiger charge is -2.04. The Kier molecular flexibility index (Phi) is 2.82. The molecule has 14 heavy (non-hydrogen) atoms. The second-order valence-corrected chi connectivity index (χ2v) is 4.18. The first-order valence-corrected chi connectivity index (χ1v) is 5.54. The first-order valence-electron chi connectivity index (χ1n) is 4.46. The fourth-order valence-corrected chi connectivity index (χ4v) is 2.23. The van der Waals surface area contributed by atoms with Crippen molar-refractivity contribution in [1.82, 2.24) is 4.98 Å². The van der Waals surface area contributed by atoms with Gasteiger partial charge in [0.05, 0.1) is 0 Å². The molecule has 1 aromatic carbocycles. The van der Waals surface area contributed by atoms with Crippen LogP contribution in [0.3, 0.4) is 0 Å². The molecule has 0 aliphatic carbocycles. The van der Waals surface area contributed by atoms with Gasteiger partial charge in [-0.2, -0.15) is 0 Å². The molecule has 1 aromatic heterocycles. The summed E-state index contributed by atoms with van der Waals surface area (Å²) >= 11 is 2.28. The molecule has 1 heterocycles. The zero-order valence-corrected chi connectivity index (χ0v) is 10.0. The Balaban J connectivity index is 2.53. The van der Waals surface area contributed by atoms with E-state index in [9.17, 15) is 0 Å². The fraction of sp³-hybridized carbons (Fsp3) is 0.0833. The lowest BCUT2D eigenvalue weighted by molar-refractivity contribution is 1.17. The van der Waals surface area contributed by atoms with Crippen LogP contribution in [0.5, 0.6) is 0 Å². The second kappa shape index (κ2) is 4.09. The van der Waals surface area contributed by atoms with Gasteiger partial charge in [-0.1, -0.05) is 30.3 Å². The fourth-order valence-electron chi connectivity index (χ4n) is 1.36. The number of hydrogen-bond acceptors (Lipinski definition) is 1. The van der Waals surface area contributed by atoms with Crippen LogP contribution in [0.1, 0.15) is 5.69 Å². The van der Waals surface area contributed by atoms with E-state index in [1.54, 1.807) is 0 Å². The van der Waals surface area contributed by atoms with Gasteiger partial charge < -0.3 is 0 Å². The summed E-state index contributed by atoms with van der Waals surface area (Å²) in [5, 5.41) is 0. The number of benzene rings is 1. The van der Waals surface area contributed by atoms with Gasteiger partial charge in [-0.25, -0.2) is 4.98 Å². The molecule has 0 spiro atoms. The van der Waals surface area contributed by atoms with Crippen LogP contribution in [0.2, 0.25) is 0 Å². The number of aromatic nitrogens is 1. The summed E-state index contributed by atoms with van der Waals surface area (Å²) in [4.78, 5) is 4.44. The van der Waals surface area contributed by atoms with E-state index in [1.165, 1.54) is 11.1 Å². The van der Waals surface area contributed by atoms with Crippen LogP contribution in [0.15, 0.2) is 42.5 Å². The molecule has 0 aliphatic rings. The predicted molar refractivity (Wildman–Crippen MR) is 67.1 cm³/mol. The minimum Gasteiger partial charge on any atom is -0.247 e. The summed E-state index contributed by atoms with van der Waals surface area (Å²) < 4.78 is 1.06. The highest BCUT2D eigenvalue weighted by Gasteiger charge is 2.02. The molecule has 0 fully saturated rings. The van der Waals surface area contributed by atoms with Gasteiger partial charge in [0.15, 0.2) is 0 Å². The van der Waals surface area contributed by atoms with Crippen LogP contribution < -0.4 is 0 Å². The highest BCUT2D eigenvalue weighted by molar-refractivity contribution is 14.1. The monoisotopic (exact) mass is 295 g/mol. The normalized spacial score (nSPS) is 10.1. The minimum atomic E-state index is 1.06. The van der Waals surface area contributed by atoms with Crippen LogP contribution >= 0.6 is 22.6 Å². The predicted octanol–water partition coefficient (Wildman–Crippen LogP) is 3.66. The van der Waals surface area contributed by atoms with Gasteiger partial charge in [0.25, 0.3) is 0 Å². The maximum atomic E-state index is 4.44. The van der Waals surface area contributed by atoms with Crippen molar-refractivity contribution in [1.29, 1.82) is 0 Å². The lowest BCUT2D eigenvalue weighted by Crippen LogP contribution is -1.89. The van der Waals surface area contributed by atoms with E-state index < -0.39 is 0 Å². The molecular weight excluding hydrogens is 285 g/mol. The van der Waals surface area contributed by atoms with Crippen molar-refractivity contribution < 1.29 is 0 Å². The summed E-state index contributed by atoms with van der Waals surface area (Å²) in [6.45, 7) is 2.01. The molecule has 0 bridgehead atoms. The van der Waals surface area contributed by atoms with Gasteiger partial charge >= 0.3 is 0 Å². The Hall–Kier alpha value is -0.900. The highest BCUT2D eigenvalue weighted by atomic mass is 127. The molecule has 0 atom stereocenters. The Labute approximate surface area is 97.3 Å². The molecule has 0 amide bonds. The first-order chi connectivity index (χ1) is 6.77. The number of nitrogens with zero attached hydrogens (tertiary/aromatic N) is 1. The smallest absolute Gasteiger partial charge is 0.109 e. The zero-order valence-electron chi connectivity index (χ0n) is 7.87. The van der Waals surface area contributed by atoms with Crippen molar-refractivity contribution in [3.63, 3.8) is 0 Å². The SMILES string of the molecule is Cc1ccc(-c2ccccc2)c(I)n1. The molecule has 0 saturated carbocycles. The average Bonchev–Trinajstić information content (AvgIpc) is 2.19. The molecule has 1 nitrogen and oxygen atoms in total. The Morgan fingerprint density at radius 3 is 2.36 bits per heavy atom. The Morgan fingerprint density at radius 2 is 1.71 bits per heavy atom. The van der Waals surface area contributed by atoms with Crippen molar-refractivity contribution in [2.24, 2.45) is 0 Å². The average molecular weight is 295 g/mol. The molecule has 0 radical (unpaired) electrons. The summed E-state index contributed by atoms with van der Waals surface area (Å²) in [7, 11) is 0. The number of hydrogen-bond donors (Lipinski definition) is 0. The van der Waals surface area contributed by atoms with Crippen molar-refractivity contribution in [2.45, 2.75) is 6.92 Å². The van der Waals surface area contributed by atoms with Crippen LogP contribution in [0.4, 0.5) is 0 Å². The van der Waals surface area contributed by atoms with E-state index in [0.717, 1.165) is 9.39 Å². The molecule has 2 rings (SSSR count). The van der Waals surface area contributed by atoms with E-state index in [4.69, 9.17) is 0 Å². The summed E-state index contributed by atoms with van der Waals surface area (Å²) in [6, 6.07) is 14.5. The van der Waals surface area contributed by atoms with Gasteiger partial charge in [-0.05, 0) is 47.2 Å². The largest absolute Gasteiger partial charge is 0.247 e. The van der Waals surface area contributed by atoms with Gasteiger partial charge in [0.1, 0.15) is 3.70 Å². The molecule has 0 N–H and O–H groups in total. The summed E-state index contributed by atoms with van der Waals surface area (Å²) in [6.07, 6.45) is 0. The Morgan fingerprint density at radius 1 is 1.00 bits per heavy atom. The van der Waals surface area contributed by atoms with Crippen molar-refractivity contribution in [2.75, 3.05) is 0 Å². The molecule has 2 heteroatoms. The number of aryl methyl sites for hydroxylation is 1. The summed E-state index contributed by atoms with van der Waals surface area (Å²) in [5.74, 6) is 0.